The normalized spacial score (nSPS) is 10.1. The minimum Gasteiger partial charge on any atom is -0.492 e. The Balaban J connectivity index is 1.65. The van der Waals surface area contributed by atoms with Gasteiger partial charge in [0.15, 0.2) is 0 Å². The van der Waals surface area contributed by atoms with E-state index in [1.807, 2.05) is 12.1 Å². The molecule has 1 amide bonds. The molecule has 2 aromatic carbocycles. The number of thioether (sulfide) groups is 1. The Labute approximate surface area is 151 Å². The summed E-state index contributed by atoms with van der Waals surface area (Å²) in [4.78, 5) is 13.7. The van der Waals surface area contributed by atoms with Crippen LogP contribution in [0.4, 0.5) is 4.39 Å². The van der Waals surface area contributed by atoms with Crippen molar-refractivity contribution in [2.75, 3.05) is 26.0 Å². The van der Waals surface area contributed by atoms with Crippen LogP contribution in [-0.4, -0.2) is 36.8 Å². The molecule has 0 spiro atoms. The van der Waals surface area contributed by atoms with Crippen molar-refractivity contribution >= 4 is 17.7 Å². The van der Waals surface area contributed by atoms with Crippen LogP contribution in [0.5, 0.6) is 5.75 Å². The first-order valence-electron chi connectivity index (χ1n) is 7.77. The fourth-order valence-electron chi connectivity index (χ4n) is 2.00. The number of hydrogen-bond acceptors (Lipinski definition) is 4. The lowest BCUT2D eigenvalue weighted by atomic mass is 10.2. The predicted octanol–water partition coefficient (Wildman–Crippen LogP) is 3.47. The van der Waals surface area contributed by atoms with Gasteiger partial charge in [-0.2, -0.15) is 5.26 Å². The molecule has 0 fully saturated rings. The van der Waals surface area contributed by atoms with Gasteiger partial charge < -0.3 is 9.64 Å². The maximum Gasteiger partial charge on any atom is 0.232 e. The number of hydrogen-bond donors (Lipinski definition) is 0. The molecule has 0 aliphatic carbocycles. The van der Waals surface area contributed by atoms with Crippen LogP contribution in [-0.2, 0) is 10.5 Å². The molecule has 0 aliphatic heterocycles. The van der Waals surface area contributed by atoms with Gasteiger partial charge in [-0.1, -0.05) is 12.1 Å². The van der Waals surface area contributed by atoms with Crippen molar-refractivity contribution in [3.8, 4) is 11.8 Å². The van der Waals surface area contributed by atoms with Gasteiger partial charge in [0.2, 0.25) is 5.91 Å². The van der Waals surface area contributed by atoms with Crippen LogP contribution >= 0.6 is 11.8 Å². The highest BCUT2D eigenvalue weighted by Crippen LogP contribution is 2.14. The number of carbonyl (C=O) groups is 1. The van der Waals surface area contributed by atoms with Crippen molar-refractivity contribution < 1.29 is 13.9 Å². The lowest BCUT2D eigenvalue weighted by molar-refractivity contribution is -0.127. The van der Waals surface area contributed by atoms with Crippen molar-refractivity contribution in [3.63, 3.8) is 0 Å². The largest absolute Gasteiger partial charge is 0.492 e. The molecule has 25 heavy (non-hydrogen) atoms. The number of benzene rings is 2. The zero-order valence-electron chi connectivity index (χ0n) is 13.9. The maximum absolute atomic E-state index is 12.8. The third-order valence-electron chi connectivity index (χ3n) is 3.51. The van der Waals surface area contributed by atoms with Gasteiger partial charge in [0.1, 0.15) is 18.2 Å². The molecule has 2 aromatic rings. The van der Waals surface area contributed by atoms with Gasteiger partial charge in [0.25, 0.3) is 0 Å². The third-order valence-corrected chi connectivity index (χ3v) is 4.50. The fraction of sp³-hybridized carbons (Fsp3) is 0.263. The van der Waals surface area contributed by atoms with E-state index in [0.717, 1.165) is 11.3 Å². The van der Waals surface area contributed by atoms with Crippen LogP contribution in [0.15, 0.2) is 48.5 Å². The molecular weight excluding hydrogens is 339 g/mol. The van der Waals surface area contributed by atoms with Gasteiger partial charge in [0, 0.05) is 12.8 Å². The number of halogens is 1. The molecule has 0 atom stereocenters. The van der Waals surface area contributed by atoms with Crippen LogP contribution in [0.3, 0.4) is 0 Å². The first-order valence-corrected chi connectivity index (χ1v) is 8.93. The van der Waals surface area contributed by atoms with Crippen molar-refractivity contribution in [2.45, 2.75) is 5.75 Å². The molecule has 0 heterocycles. The van der Waals surface area contributed by atoms with Crippen LogP contribution in [0.25, 0.3) is 0 Å². The first kappa shape index (κ1) is 18.8. The van der Waals surface area contributed by atoms with Crippen LogP contribution < -0.4 is 4.74 Å². The van der Waals surface area contributed by atoms with Crippen LogP contribution in [0.2, 0.25) is 0 Å². The van der Waals surface area contributed by atoms with E-state index in [2.05, 4.69) is 6.07 Å². The molecule has 0 saturated carbocycles. The van der Waals surface area contributed by atoms with Crippen molar-refractivity contribution in [1.29, 1.82) is 5.26 Å². The fourth-order valence-corrected chi connectivity index (χ4v) is 2.92. The third kappa shape index (κ3) is 6.48. The summed E-state index contributed by atoms with van der Waals surface area (Å²) in [6.07, 6.45) is 0. The number of nitrogens with zero attached hydrogens (tertiary/aromatic N) is 2. The topological polar surface area (TPSA) is 53.3 Å². The highest BCUT2D eigenvalue weighted by Gasteiger charge is 2.09. The number of amides is 1. The minimum absolute atomic E-state index is 0.0290. The average Bonchev–Trinajstić information content (AvgIpc) is 2.63. The second-order valence-corrected chi connectivity index (χ2v) is 6.40. The van der Waals surface area contributed by atoms with E-state index >= 15 is 0 Å². The Morgan fingerprint density at radius 2 is 1.88 bits per heavy atom. The SMILES string of the molecule is CN(CCOc1ccc(F)cc1)C(=O)CSCc1ccc(C#N)cc1. The molecule has 6 heteroatoms. The first-order chi connectivity index (χ1) is 12.1. The van der Waals surface area contributed by atoms with Crippen LogP contribution in [0.1, 0.15) is 11.1 Å². The predicted molar refractivity (Wildman–Crippen MR) is 96.9 cm³/mol. The average molecular weight is 358 g/mol. The van der Waals surface area contributed by atoms with Crippen molar-refractivity contribution in [3.05, 3.63) is 65.5 Å². The van der Waals surface area contributed by atoms with Gasteiger partial charge in [0.05, 0.1) is 23.9 Å². The lowest BCUT2D eigenvalue weighted by Crippen LogP contribution is -2.32. The van der Waals surface area contributed by atoms with Gasteiger partial charge in [-0.25, -0.2) is 4.39 Å². The van der Waals surface area contributed by atoms with Gasteiger partial charge in [-0.15, -0.1) is 11.8 Å². The summed E-state index contributed by atoms with van der Waals surface area (Å²) in [7, 11) is 1.73. The number of ether oxygens (including phenoxy) is 1. The summed E-state index contributed by atoms with van der Waals surface area (Å²) < 4.78 is 18.3. The quantitative estimate of drug-likeness (QED) is 0.725. The molecule has 130 valence electrons. The van der Waals surface area contributed by atoms with Crippen LogP contribution in [0, 0.1) is 17.1 Å². The van der Waals surface area contributed by atoms with Gasteiger partial charge in [-0.05, 0) is 42.0 Å². The summed E-state index contributed by atoms with van der Waals surface area (Å²) in [5.74, 6) is 1.41. The highest BCUT2D eigenvalue weighted by atomic mass is 32.2. The smallest absolute Gasteiger partial charge is 0.232 e. The van der Waals surface area contributed by atoms with Crippen molar-refractivity contribution in [1.82, 2.24) is 4.90 Å². The highest BCUT2D eigenvalue weighted by molar-refractivity contribution is 7.99. The van der Waals surface area contributed by atoms with E-state index in [0.29, 0.717) is 30.2 Å². The zero-order valence-corrected chi connectivity index (χ0v) is 14.8. The molecule has 0 unspecified atom stereocenters. The molecule has 0 bridgehead atoms. The van der Waals surface area contributed by atoms with E-state index in [1.165, 1.54) is 23.9 Å². The second kappa shape index (κ2) is 9.70. The van der Waals surface area contributed by atoms with Gasteiger partial charge in [-0.3, -0.25) is 4.79 Å². The van der Waals surface area contributed by atoms with E-state index in [-0.39, 0.29) is 11.7 Å². The molecule has 4 nitrogen and oxygen atoms in total. The summed E-state index contributed by atoms with van der Waals surface area (Å²) in [5.41, 5.74) is 1.71. The van der Waals surface area contributed by atoms with Gasteiger partial charge >= 0.3 is 0 Å². The van der Waals surface area contributed by atoms with E-state index in [9.17, 15) is 9.18 Å². The van der Waals surface area contributed by atoms with Crippen molar-refractivity contribution in [2.24, 2.45) is 0 Å². The van der Waals surface area contributed by atoms with E-state index in [4.69, 9.17) is 10.00 Å². The standard InChI is InChI=1S/C19H19FN2O2S/c1-22(10-11-24-18-8-6-17(20)7-9-18)19(23)14-25-13-16-4-2-15(12-21)3-5-16/h2-9H,10-11,13-14H2,1H3. The molecular formula is C19H19FN2O2S. The molecule has 0 saturated heterocycles. The Bertz CT molecular complexity index is 727. The Hall–Kier alpha value is -2.52. The summed E-state index contributed by atoms with van der Waals surface area (Å²) >= 11 is 1.53. The Kier molecular flexibility index (Phi) is 7.30. The van der Waals surface area contributed by atoms with E-state index in [1.54, 1.807) is 36.2 Å². The Morgan fingerprint density at radius 3 is 2.52 bits per heavy atom. The summed E-state index contributed by atoms with van der Waals surface area (Å²) in [6.45, 7) is 0.821. The number of carbonyl (C=O) groups excluding carboxylic acids is 1. The van der Waals surface area contributed by atoms with E-state index < -0.39 is 0 Å². The Morgan fingerprint density at radius 1 is 1.20 bits per heavy atom. The number of nitriles is 1. The number of likely N-dealkylation sites (N-methyl/N-ethyl adjacent to an activating group) is 1. The summed E-state index contributed by atoms with van der Waals surface area (Å²) in [5, 5.41) is 8.76. The second-order valence-electron chi connectivity index (χ2n) is 5.42. The molecule has 0 aliphatic rings. The molecule has 0 radical (unpaired) electrons. The minimum atomic E-state index is -0.307. The monoisotopic (exact) mass is 358 g/mol. The maximum atomic E-state index is 12.8. The zero-order chi connectivity index (χ0) is 18.1. The summed E-state index contributed by atoms with van der Waals surface area (Å²) in [6, 6.07) is 15.2. The molecule has 2 rings (SSSR count). The molecule has 0 aromatic heterocycles. The number of rotatable bonds is 8. The molecule has 0 N–H and O–H groups in total. The lowest BCUT2D eigenvalue weighted by Gasteiger charge is -2.17.